The SMILES string of the molecule is CC(C)C(CBr)NS(=O)(=O)c1ccccc1F. The van der Waals surface area contributed by atoms with Gasteiger partial charge in [-0.2, -0.15) is 0 Å². The van der Waals surface area contributed by atoms with E-state index in [1.807, 2.05) is 13.8 Å². The standard InChI is InChI=1S/C11H15BrFNO2S/c1-8(2)10(7-12)14-17(15,16)11-6-4-3-5-9(11)13/h3-6,8,10,14H,7H2,1-2H3. The van der Waals surface area contributed by atoms with Crippen LogP contribution in [0.4, 0.5) is 4.39 Å². The third-order valence-corrected chi connectivity index (χ3v) is 4.62. The lowest BCUT2D eigenvalue weighted by Crippen LogP contribution is -2.39. The van der Waals surface area contributed by atoms with Gasteiger partial charge in [-0.15, -0.1) is 0 Å². The second-order valence-electron chi connectivity index (χ2n) is 4.06. The Labute approximate surface area is 110 Å². The fourth-order valence-electron chi connectivity index (χ4n) is 1.27. The molecule has 96 valence electrons. The average molecular weight is 324 g/mol. The van der Waals surface area contributed by atoms with E-state index in [0.29, 0.717) is 5.33 Å². The molecule has 1 aromatic carbocycles. The van der Waals surface area contributed by atoms with E-state index in [1.54, 1.807) is 0 Å². The van der Waals surface area contributed by atoms with Crippen molar-refractivity contribution in [2.24, 2.45) is 5.92 Å². The molecular formula is C11H15BrFNO2S. The lowest BCUT2D eigenvalue weighted by atomic mass is 10.1. The number of sulfonamides is 1. The summed E-state index contributed by atoms with van der Waals surface area (Å²) in [7, 11) is -3.80. The van der Waals surface area contributed by atoms with Gasteiger partial charge in [0, 0.05) is 11.4 Å². The van der Waals surface area contributed by atoms with Crippen molar-refractivity contribution in [2.75, 3.05) is 5.33 Å². The Kier molecular flexibility index (Phi) is 5.09. The molecule has 17 heavy (non-hydrogen) atoms. The van der Waals surface area contributed by atoms with E-state index in [-0.39, 0.29) is 16.9 Å². The quantitative estimate of drug-likeness (QED) is 0.846. The summed E-state index contributed by atoms with van der Waals surface area (Å²) < 4.78 is 39.8. The number of hydrogen-bond donors (Lipinski definition) is 1. The van der Waals surface area contributed by atoms with E-state index in [0.717, 1.165) is 6.07 Å². The minimum atomic E-state index is -3.80. The van der Waals surface area contributed by atoms with Crippen molar-refractivity contribution in [3.63, 3.8) is 0 Å². The third-order valence-electron chi connectivity index (χ3n) is 2.40. The number of hydrogen-bond acceptors (Lipinski definition) is 2. The number of rotatable bonds is 5. The van der Waals surface area contributed by atoms with Gasteiger partial charge in [0.05, 0.1) is 0 Å². The van der Waals surface area contributed by atoms with Crippen molar-refractivity contribution in [3.05, 3.63) is 30.1 Å². The highest BCUT2D eigenvalue weighted by atomic mass is 79.9. The lowest BCUT2D eigenvalue weighted by Gasteiger charge is -2.19. The van der Waals surface area contributed by atoms with Crippen LogP contribution in [-0.4, -0.2) is 19.8 Å². The van der Waals surface area contributed by atoms with E-state index < -0.39 is 15.8 Å². The smallest absolute Gasteiger partial charge is 0.207 e. The molecule has 0 saturated carbocycles. The fourth-order valence-corrected chi connectivity index (χ4v) is 3.86. The van der Waals surface area contributed by atoms with E-state index in [1.165, 1.54) is 18.2 Å². The summed E-state index contributed by atoms with van der Waals surface area (Å²) in [5.74, 6) is -0.618. The highest BCUT2D eigenvalue weighted by Crippen LogP contribution is 2.15. The lowest BCUT2D eigenvalue weighted by molar-refractivity contribution is 0.480. The number of alkyl halides is 1. The van der Waals surface area contributed by atoms with Crippen LogP contribution < -0.4 is 4.72 Å². The molecule has 0 aromatic heterocycles. The molecule has 0 aliphatic rings. The molecule has 0 aliphatic heterocycles. The van der Waals surface area contributed by atoms with E-state index in [4.69, 9.17) is 0 Å². The van der Waals surface area contributed by atoms with Crippen LogP contribution in [0.15, 0.2) is 29.2 Å². The van der Waals surface area contributed by atoms with Crippen molar-refractivity contribution in [1.82, 2.24) is 4.72 Å². The summed E-state index contributed by atoms with van der Waals surface area (Å²) in [5.41, 5.74) is 0. The summed E-state index contributed by atoms with van der Waals surface area (Å²) in [6, 6.07) is 5.07. The highest BCUT2D eigenvalue weighted by Gasteiger charge is 2.23. The maximum atomic E-state index is 13.4. The maximum Gasteiger partial charge on any atom is 0.243 e. The van der Waals surface area contributed by atoms with Crippen LogP contribution in [0.2, 0.25) is 0 Å². The van der Waals surface area contributed by atoms with Gasteiger partial charge in [-0.25, -0.2) is 17.5 Å². The largest absolute Gasteiger partial charge is 0.243 e. The number of nitrogens with one attached hydrogen (secondary N) is 1. The second-order valence-corrected chi connectivity index (χ2v) is 6.39. The first kappa shape index (κ1) is 14.6. The van der Waals surface area contributed by atoms with Crippen LogP contribution in [-0.2, 0) is 10.0 Å². The molecular weight excluding hydrogens is 309 g/mol. The molecule has 0 fully saturated rings. The van der Waals surface area contributed by atoms with Crippen molar-refractivity contribution in [3.8, 4) is 0 Å². The van der Waals surface area contributed by atoms with Crippen molar-refractivity contribution < 1.29 is 12.8 Å². The van der Waals surface area contributed by atoms with Gasteiger partial charge in [0.25, 0.3) is 0 Å². The van der Waals surface area contributed by atoms with E-state index in [2.05, 4.69) is 20.7 Å². The molecule has 0 heterocycles. The Morgan fingerprint density at radius 3 is 2.41 bits per heavy atom. The predicted molar refractivity (Wildman–Crippen MR) is 69.1 cm³/mol. The first-order valence-corrected chi connectivity index (χ1v) is 7.81. The molecule has 0 saturated heterocycles. The fraction of sp³-hybridized carbons (Fsp3) is 0.455. The van der Waals surface area contributed by atoms with Crippen LogP contribution in [0.5, 0.6) is 0 Å². The van der Waals surface area contributed by atoms with E-state index >= 15 is 0 Å². The molecule has 3 nitrogen and oxygen atoms in total. The summed E-state index contributed by atoms with van der Waals surface area (Å²) >= 11 is 3.24. The molecule has 0 radical (unpaired) electrons. The van der Waals surface area contributed by atoms with Crippen molar-refractivity contribution >= 4 is 26.0 Å². The van der Waals surface area contributed by atoms with Gasteiger partial charge in [0.2, 0.25) is 10.0 Å². The molecule has 1 atom stereocenters. The molecule has 0 bridgehead atoms. The average Bonchev–Trinajstić information content (AvgIpc) is 2.26. The van der Waals surface area contributed by atoms with Gasteiger partial charge in [0.1, 0.15) is 10.7 Å². The summed E-state index contributed by atoms with van der Waals surface area (Å²) in [6.07, 6.45) is 0. The number of halogens is 2. The minimum Gasteiger partial charge on any atom is -0.207 e. The van der Waals surface area contributed by atoms with Crippen LogP contribution in [0, 0.1) is 11.7 Å². The van der Waals surface area contributed by atoms with Crippen LogP contribution in [0.25, 0.3) is 0 Å². The predicted octanol–water partition coefficient (Wildman–Crippen LogP) is 2.52. The van der Waals surface area contributed by atoms with Gasteiger partial charge in [-0.05, 0) is 18.1 Å². The monoisotopic (exact) mass is 323 g/mol. The molecule has 1 unspecified atom stereocenters. The Balaban J connectivity index is 3.01. The molecule has 6 heteroatoms. The van der Waals surface area contributed by atoms with Gasteiger partial charge < -0.3 is 0 Å². The van der Waals surface area contributed by atoms with Gasteiger partial charge in [-0.1, -0.05) is 41.9 Å². The van der Waals surface area contributed by atoms with Crippen molar-refractivity contribution in [2.45, 2.75) is 24.8 Å². The number of benzene rings is 1. The van der Waals surface area contributed by atoms with Crippen LogP contribution >= 0.6 is 15.9 Å². The molecule has 0 aliphatic carbocycles. The highest BCUT2D eigenvalue weighted by molar-refractivity contribution is 9.09. The second kappa shape index (κ2) is 5.93. The Morgan fingerprint density at radius 1 is 1.35 bits per heavy atom. The molecule has 1 rings (SSSR count). The Bertz CT molecular complexity index is 476. The zero-order valence-corrected chi connectivity index (χ0v) is 12.1. The van der Waals surface area contributed by atoms with E-state index in [9.17, 15) is 12.8 Å². The van der Waals surface area contributed by atoms with Crippen molar-refractivity contribution in [1.29, 1.82) is 0 Å². The molecule has 0 spiro atoms. The van der Waals surface area contributed by atoms with Crippen LogP contribution in [0.3, 0.4) is 0 Å². The first-order valence-electron chi connectivity index (χ1n) is 5.21. The molecule has 0 amide bonds. The van der Waals surface area contributed by atoms with Gasteiger partial charge >= 0.3 is 0 Å². The summed E-state index contributed by atoms with van der Waals surface area (Å²) in [6.45, 7) is 3.80. The Hall–Kier alpha value is -0.460. The Morgan fingerprint density at radius 2 is 1.94 bits per heavy atom. The van der Waals surface area contributed by atoms with Gasteiger partial charge in [0.15, 0.2) is 0 Å². The molecule has 1 N–H and O–H groups in total. The topological polar surface area (TPSA) is 46.2 Å². The van der Waals surface area contributed by atoms with Gasteiger partial charge in [-0.3, -0.25) is 0 Å². The zero-order valence-electron chi connectivity index (χ0n) is 9.65. The molecule has 1 aromatic rings. The van der Waals surface area contributed by atoms with Crippen LogP contribution in [0.1, 0.15) is 13.8 Å². The minimum absolute atomic E-state index is 0.121. The zero-order chi connectivity index (χ0) is 13.1. The summed E-state index contributed by atoms with van der Waals surface area (Å²) in [4.78, 5) is -0.313. The third kappa shape index (κ3) is 3.76. The maximum absolute atomic E-state index is 13.4. The normalized spacial score (nSPS) is 13.9. The summed E-state index contributed by atoms with van der Waals surface area (Å²) in [5, 5.41) is 0.484. The first-order chi connectivity index (χ1) is 7.88.